The SMILES string of the molecule is CC(C)[C@@H](C)NC(=O)COC(=O)COc1ccc(Br)cc1. The Kier molecular flexibility index (Phi) is 7.22. The minimum Gasteiger partial charge on any atom is -0.482 e. The molecule has 1 rings (SSSR count). The summed E-state index contributed by atoms with van der Waals surface area (Å²) in [5.41, 5.74) is 0. The predicted octanol–water partition coefficient (Wildman–Crippen LogP) is 2.53. The summed E-state index contributed by atoms with van der Waals surface area (Å²) < 4.78 is 11.0. The molecule has 0 saturated carbocycles. The lowest BCUT2D eigenvalue weighted by molar-refractivity contribution is -0.150. The predicted molar refractivity (Wildman–Crippen MR) is 83.0 cm³/mol. The van der Waals surface area contributed by atoms with Crippen LogP contribution in [0.5, 0.6) is 5.75 Å². The summed E-state index contributed by atoms with van der Waals surface area (Å²) in [6, 6.07) is 7.11. The molecule has 0 radical (unpaired) electrons. The number of nitrogens with one attached hydrogen (secondary N) is 1. The third-order valence-corrected chi connectivity index (χ3v) is 3.45. The lowest BCUT2D eigenvalue weighted by Crippen LogP contribution is -2.39. The second-order valence-electron chi connectivity index (χ2n) is 5.00. The van der Waals surface area contributed by atoms with Gasteiger partial charge in [0.15, 0.2) is 13.2 Å². The summed E-state index contributed by atoms with van der Waals surface area (Å²) in [6.07, 6.45) is 0. The van der Waals surface area contributed by atoms with Gasteiger partial charge in [-0.2, -0.15) is 0 Å². The first-order valence-corrected chi connectivity index (χ1v) is 7.51. The van der Waals surface area contributed by atoms with Crippen LogP contribution >= 0.6 is 15.9 Å². The highest BCUT2D eigenvalue weighted by atomic mass is 79.9. The van der Waals surface area contributed by atoms with E-state index >= 15 is 0 Å². The lowest BCUT2D eigenvalue weighted by Gasteiger charge is -2.17. The number of carbonyl (C=O) groups is 2. The van der Waals surface area contributed by atoms with Crippen LogP contribution in [0.3, 0.4) is 0 Å². The molecule has 0 bridgehead atoms. The molecule has 116 valence electrons. The topological polar surface area (TPSA) is 64.6 Å². The van der Waals surface area contributed by atoms with Gasteiger partial charge in [0.1, 0.15) is 5.75 Å². The number of amides is 1. The van der Waals surface area contributed by atoms with E-state index in [-0.39, 0.29) is 25.2 Å². The van der Waals surface area contributed by atoms with Crippen molar-refractivity contribution in [2.24, 2.45) is 5.92 Å². The molecule has 6 heteroatoms. The first-order valence-electron chi connectivity index (χ1n) is 6.72. The molecule has 0 heterocycles. The van der Waals surface area contributed by atoms with Crippen LogP contribution in [0, 0.1) is 5.92 Å². The van der Waals surface area contributed by atoms with Crippen molar-refractivity contribution in [1.29, 1.82) is 0 Å². The Morgan fingerprint density at radius 2 is 1.76 bits per heavy atom. The molecule has 0 saturated heterocycles. The highest BCUT2D eigenvalue weighted by molar-refractivity contribution is 9.10. The van der Waals surface area contributed by atoms with Crippen LogP contribution in [0.15, 0.2) is 28.7 Å². The van der Waals surface area contributed by atoms with Crippen LogP contribution in [-0.4, -0.2) is 31.1 Å². The fourth-order valence-electron chi connectivity index (χ4n) is 1.32. The fourth-order valence-corrected chi connectivity index (χ4v) is 1.59. The number of carbonyl (C=O) groups excluding carboxylic acids is 2. The molecule has 0 fully saturated rings. The Hall–Kier alpha value is -1.56. The van der Waals surface area contributed by atoms with E-state index < -0.39 is 5.97 Å². The van der Waals surface area contributed by atoms with Crippen molar-refractivity contribution >= 4 is 27.8 Å². The molecule has 1 atom stereocenters. The van der Waals surface area contributed by atoms with Crippen LogP contribution in [0.2, 0.25) is 0 Å². The maximum absolute atomic E-state index is 11.5. The van der Waals surface area contributed by atoms with Crippen molar-refractivity contribution < 1.29 is 19.1 Å². The van der Waals surface area contributed by atoms with Crippen LogP contribution in [-0.2, 0) is 14.3 Å². The molecule has 0 unspecified atom stereocenters. The van der Waals surface area contributed by atoms with E-state index in [0.29, 0.717) is 11.7 Å². The summed E-state index contributed by atoms with van der Waals surface area (Å²) in [5, 5.41) is 2.75. The van der Waals surface area contributed by atoms with Crippen molar-refractivity contribution in [3.05, 3.63) is 28.7 Å². The summed E-state index contributed by atoms with van der Waals surface area (Å²) in [4.78, 5) is 23.0. The molecule has 0 aromatic heterocycles. The van der Waals surface area contributed by atoms with Gasteiger partial charge in [-0.05, 0) is 37.1 Å². The van der Waals surface area contributed by atoms with Gasteiger partial charge >= 0.3 is 5.97 Å². The van der Waals surface area contributed by atoms with Gasteiger partial charge in [-0.25, -0.2) is 4.79 Å². The molecular formula is C15H20BrNO4. The monoisotopic (exact) mass is 357 g/mol. The van der Waals surface area contributed by atoms with Gasteiger partial charge in [0.2, 0.25) is 0 Å². The quantitative estimate of drug-likeness (QED) is 0.761. The van der Waals surface area contributed by atoms with Gasteiger partial charge in [0, 0.05) is 10.5 Å². The summed E-state index contributed by atoms with van der Waals surface area (Å²) in [6.45, 7) is 5.39. The third-order valence-electron chi connectivity index (χ3n) is 2.92. The van der Waals surface area contributed by atoms with E-state index in [1.807, 2.05) is 20.8 Å². The molecule has 0 aliphatic rings. The molecule has 1 N–H and O–H groups in total. The van der Waals surface area contributed by atoms with Crippen LogP contribution in [0.4, 0.5) is 0 Å². The van der Waals surface area contributed by atoms with E-state index in [4.69, 9.17) is 9.47 Å². The first-order chi connectivity index (χ1) is 9.88. The summed E-state index contributed by atoms with van der Waals surface area (Å²) >= 11 is 3.30. The molecular weight excluding hydrogens is 338 g/mol. The summed E-state index contributed by atoms with van der Waals surface area (Å²) in [5.74, 6) is -0.00289. The average molecular weight is 358 g/mol. The van der Waals surface area contributed by atoms with Crippen molar-refractivity contribution in [3.8, 4) is 5.75 Å². The van der Waals surface area contributed by atoms with Gasteiger partial charge in [0.25, 0.3) is 5.91 Å². The fraction of sp³-hybridized carbons (Fsp3) is 0.467. The molecule has 21 heavy (non-hydrogen) atoms. The Labute approximate surface area is 133 Å². The van der Waals surface area contributed by atoms with Gasteiger partial charge in [-0.1, -0.05) is 29.8 Å². The van der Waals surface area contributed by atoms with Gasteiger partial charge < -0.3 is 14.8 Å². The number of halogens is 1. The zero-order valence-electron chi connectivity index (χ0n) is 12.4. The molecule has 0 aliphatic carbocycles. The minimum absolute atomic E-state index is 0.0372. The molecule has 0 spiro atoms. The number of hydrogen-bond donors (Lipinski definition) is 1. The van der Waals surface area contributed by atoms with E-state index in [0.717, 1.165) is 4.47 Å². The molecule has 1 amide bonds. The molecule has 1 aromatic rings. The van der Waals surface area contributed by atoms with Gasteiger partial charge in [0.05, 0.1) is 0 Å². The normalized spacial score (nSPS) is 11.9. The van der Waals surface area contributed by atoms with Crippen molar-refractivity contribution in [1.82, 2.24) is 5.32 Å². The Balaban J connectivity index is 2.25. The Morgan fingerprint density at radius 3 is 2.33 bits per heavy atom. The molecule has 1 aromatic carbocycles. The highest BCUT2D eigenvalue weighted by Gasteiger charge is 2.13. The van der Waals surface area contributed by atoms with E-state index in [9.17, 15) is 9.59 Å². The van der Waals surface area contributed by atoms with Crippen LogP contribution < -0.4 is 10.1 Å². The Bertz CT molecular complexity index is 473. The maximum Gasteiger partial charge on any atom is 0.344 e. The minimum atomic E-state index is -0.578. The number of benzene rings is 1. The second-order valence-corrected chi connectivity index (χ2v) is 5.92. The average Bonchev–Trinajstić information content (AvgIpc) is 2.44. The maximum atomic E-state index is 11.5. The van der Waals surface area contributed by atoms with E-state index in [2.05, 4.69) is 21.2 Å². The number of ether oxygens (including phenoxy) is 2. The van der Waals surface area contributed by atoms with Crippen molar-refractivity contribution in [2.45, 2.75) is 26.8 Å². The van der Waals surface area contributed by atoms with Gasteiger partial charge in [-0.15, -0.1) is 0 Å². The van der Waals surface area contributed by atoms with Crippen LogP contribution in [0.1, 0.15) is 20.8 Å². The smallest absolute Gasteiger partial charge is 0.344 e. The zero-order valence-corrected chi connectivity index (χ0v) is 14.0. The first kappa shape index (κ1) is 17.5. The Morgan fingerprint density at radius 1 is 1.14 bits per heavy atom. The molecule has 5 nitrogen and oxygen atoms in total. The van der Waals surface area contributed by atoms with Gasteiger partial charge in [-0.3, -0.25) is 4.79 Å². The largest absolute Gasteiger partial charge is 0.482 e. The van der Waals surface area contributed by atoms with E-state index in [1.54, 1.807) is 24.3 Å². The molecule has 0 aliphatic heterocycles. The number of hydrogen-bond acceptors (Lipinski definition) is 4. The zero-order chi connectivity index (χ0) is 15.8. The van der Waals surface area contributed by atoms with Crippen molar-refractivity contribution in [2.75, 3.05) is 13.2 Å². The highest BCUT2D eigenvalue weighted by Crippen LogP contribution is 2.15. The van der Waals surface area contributed by atoms with E-state index in [1.165, 1.54) is 0 Å². The third kappa shape index (κ3) is 7.13. The lowest BCUT2D eigenvalue weighted by atomic mass is 10.1. The summed E-state index contributed by atoms with van der Waals surface area (Å²) in [7, 11) is 0. The second kappa shape index (κ2) is 8.67. The van der Waals surface area contributed by atoms with Crippen molar-refractivity contribution in [3.63, 3.8) is 0 Å². The van der Waals surface area contributed by atoms with Crippen LogP contribution in [0.25, 0.3) is 0 Å². The number of rotatable bonds is 7. The standard InChI is InChI=1S/C15H20BrNO4/c1-10(2)11(3)17-14(18)8-21-15(19)9-20-13-6-4-12(16)5-7-13/h4-7,10-11H,8-9H2,1-3H3,(H,17,18)/t11-/m1/s1. The number of esters is 1.